The van der Waals surface area contributed by atoms with Gasteiger partial charge in [0.05, 0.1) is 51.4 Å². The Morgan fingerprint density at radius 1 is 0.615 bits per heavy atom. The molecule has 0 bridgehead atoms. The molecule has 6 nitrogen and oxygen atoms in total. The lowest BCUT2D eigenvalue weighted by Gasteiger charge is -2.28. The second-order valence-electron chi connectivity index (χ2n) is 10.9. The SMILES string of the molecule is O=C(c1ccc(F)cc1)C(CCCCCC(C[NH+]1CCOCC1)C(=O)c1ccc(F)cc1)C[NH+]1CCOCC1. The van der Waals surface area contributed by atoms with E-state index in [0.29, 0.717) is 37.6 Å². The van der Waals surface area contributed by atoms with Gasteiger partial charge in [-0.1, -0.05) is 19.3 Å². The average molecular weight is 545 g/mol. The summed E-state index contributed by atoms with van der Waals surface area (Å²) in [5.41, 5.74) is 1.13. The normalized spacial score (nSPS) is 18.5. The van der Waals surface area contributed by atoms with Crippen LogP contribution in [0.4, 0.5) is 8.78 Å². The molecule has 2 aliphatic rings. The van der Waals surface area contributed by atoms with E-state index in [-0.39, 0.29) is 35.0 Å². The zero-order chi connectivity index (χ0) is 27.5. The standard InChI is InChI=1S/C31H40F2N2O4/c32-28-10-6-24(7-11-28)30(36)26(22-34-14-18-38-19-15-34)4-2-1-3-5-27(23-35-16-20-39-21-17-35)31(37)25-8-12-29(33)13-9-25/h6-13,26-27H,1-5,14-23H2/p+2. The molecule has 2 N–H and O–H groups in total. The first-order valence-electron chi connectivity index (χ1n) is 14.4. The number of nitrogens with one attached hydrogen (secondary N) is 2. The molecule has 8 heteroatoms. The molecule has 2 unspecified atom stereocenters. The minimum absolute atomic E-state index is 0.0780. The van der Waals surface area contributed by atoms with Crippen LogP contribution in [0, 0.1) is 23.5 Å². The van der Waals surface area contributed by atoms with Gasteiger partial charge < -0.3 is 19.3 Å². The quantitative estimate of drug-likeness (QED) is 0.282. The molecule has 0 amide bonds. The summed E-state index contributed by atoms with van der Waals surface area (Å²) in [5, 5.41) is 0. The summed E-state index contributed by atoms with van der Waals surface area (Å²) < 4.78 is 37.8. The van der Waals surface area contributed by atoms with Crippen LogP contribution in [0.2, 0.25) is 0 Å². The highest BCUT2D eigenvalue weighted by Crippen LogP contribution is 2.20. The van der Waals surface area contributed by atoms with Gasteiger partial charge in [-0.2, -0.15) is 0 Å². The van der Waals surface area contributed by atoms with Crippen LogP contribution in [0.5, 0.6) is 0 Å². The van der Waals surface area contributed by atoms with E-state index in [2.05, 4.69) is 0 Å². The second-order valence-corrected chi connectivity index (χ2v) is 10.9. The molecule has 0 saturated carbocycles. The first-order chi connectivity index (χ1) is 19.0. The number of hydrogen-bond donors (Lipinski definition) is 2. The molecular formula is C31H42F2N2O4+2. The van der Waals surface area contributed by atoms with Crippen molar-refractivity contribution in [2.75, 3.05) is 65.7 Å². The van der Waals surface area contributed by atoms with Crippen molar-refractivity contribution >= 4 is 11.6 Å². The molecule has 39 heavy (non-hydrogen) atoms. The van der Waals surface area contributed by atoms with Crippen LogP contribution in [0.3, 0.4) is 0 Å². The molecule has 2 fully saturated rings. The lowest BCUT2D eigenvalue weighted by molar-refractivity contribution is -0.910. The van der Waals surface area contributed by atoms with Gasteiger partial charge >= 0.3 is 0 Å². The van der Waals surface area contributed by atoms with Crippen molar-refractivity contribution < 1.29 is 37.6 Å². The number of rotatable bonds is 14. The molecule has 2 heterocycles. The van der Waals surface area contributed by atoms with Crippen LogP contribution in [0.15, 0.2) is 48.5 Å². The summed E-state index contributed by atoms with van der Waals surface area (Å²) in [6.45, 7) is 7.92. The van der Waals surface area contributed by atoms with Crippen molar-refractivity contribution in [3.05, 3.63) is 71.3 Å². The zero-order valence-electron chi connectivity index (χ0n) is 22.8. The van der Waals surface area contributed by atoms with Crippen LogP contribution in [0.1, 0.15) is 52.8 Å². The Kier molecular flexibility index (Phi) is 11.6. The Morgan fingerprint density at radius 3 is 1.33 bits per heavy atom. The van der Waals surface area contributed by atoms with Crippen molar-refractivity contribution in [3.8, 4) is 0 Å². The van der Waals surface area contributed by atoms with Gasteiger partial charge in [0.1, 0.15) is 37.8 Å². The maximum atomic E-state index is 13.4. The molecule has 0 aliphatic carbocycles. The van der Waals surface area contributed by atoms with E-state index in [4.69, 9.17) is 9.47 Å². The number of benzene rings is 2. The van der Waals surface area contributed by atoms with E-state index in [9.17, 15) is 18.4 Å². The Hall–Kier alpha value is -2.52. The number of carbonyl (C=O) groups is 2. The van der Waals surface area contributed by atoms with E-state index in [1.54, 1.807) is 24.3 Å². The monoisotopic (exact) mass is 544 g/mol. The van der Waals surface area contributed by atoms with E-state index >= 15 is 0 Å². The van der Waals surface area contributed by atoms with Gasteiger partial charge in [-0.25, -0.2) is 8.78 Å². The Bertz CT molecular complexity index is 952. The number of halogens is 2. The van der Waals surface area contributed by atoms with Gasteiger partial charge in [0.2, 0.25) is 0 Å². The van der Waals surface area contributed by atoms with E-state index in [1.807, 2.05) is 0 Å². The molecule has 0 spiro atoms. The van der Waals surface area contributed by atoms with E-state index in [1.165, 1.54) is 34.1 Å². The summed E-state index contributed by atoms with van der Waals surface area (Å²) in [5.74, 6) is -0.782. The fourth-order valence-electron chi connectivity index (χ4n) is 5.73. The highest BCUT2D eigenvalue weighted by molar-refractivity contribution is 5.98. The number of morpholine rings is 2. The van der Waals surface area contributed by atoms with Crippen LogP contribution in [-0.2, 0) is 9.47 Å². The minimum Gasteiger partial charge on any atom is -0.370 e. The Balaban J connectivity index is 1.32. The predicted molar refractivity (Wildman–Crippen MR) is 144 cm³/mol. The molecule has 212 valence electrons. The topological polar surface area (TPSA) is 61.5 Å². The van der Waals surface area contributed by atoms with Crippen LogP contribution < -0.4 is 9.80 Å². The zero-order valence-corrected chi connectivity index (χ0v) is 22.8. The van der Waals surface area contributed by atoms with Gasteiger partial charge in [0.25, 0.3) is 0 Å². The summed E-state index contributed by atoms with van der Waals surface area (Å²) in [4.78, 5) is 29.4. The number of unbranched alkanes of at least 4 members (excludes halogenated alkanes) is 2. The number of quaternary nitrogens is 2. The third-order valence-electron chi connectivity index (χ3n) is 8.07. The van der Waals surface area contributed by atoms with Gasteiger partial charge in [0.15, 0.2) is 11.6 Å². The Labute approximate surface area is 230 Å². The lowest BCUT2D eigenvalue weighted by Crippen LogP contribution is -3.14. The van der Waals surface area contributed by atoms with Crippen molar-refractivity contribution in [1.29, 1.82) is 0 Å². The second kappa shape index (κ2) is 15.3. The maximum absolute atomic E-state index is 13.4. The number of carbonyl (C=O) groups excluding carboxylic acids is 2. The number of hydrogen-bond acceptors (Lipinski definition) is 4. The molecule has 2 saturated heterocycles. The maximum Gasteiger partial charge on any atom is 0.171 e. The lowest BCUT2D eigenvalue weighted by atomic mass is 9.89. The molecule has 2 aromatic carbocycles. The van der Waals surface area contributed by atoms with Crippen LogP contribution in [-0.4, -0.2) is 77.3 Å². The van der Waals surface area contributed by atoms with Crippen molar-refractivity contribution in [1.82, 2.24) is 0 Å². The first kappa shape index (κ1) is 29.5. The summed E-state index contributed by atoms with van der Waals surface area (Å²) in [7, 11) is 0. The highest BCUT2D eigenvalue weighted by Gasteiger charge is 2.28. The van der Waals surface area contributed by atoms with E-state index in [0.717, 1.165) is 71.4 Å². The third-order valence-corrected chi connectivity index (χ3v) is 8.07. The van der Waals surface area contributed by atoms with Gasteiger partial charge in [-0.05, 0) is 61.4 Å². The molecule has 4 rings (SSSR count). The highest BCUT2D eigenvalue weighted by atomic mass is 19.1. The van der Waals surface area contributed by atoms with Gasteiger partial charge in [-0.3, -0.25) is 9.59 Å². The number of ether oxygens (including phenoxy) is 2. The summed E-state index contributed by atoms with van der Waals surface area (Å²) in [6, 6.07) is 11.7. The molecular weight excluding hydrogens is 502 g/mol. The van der Waals surface area contributed by atoms with Crippen molar-refractivity contribution in [2.45, 2.75) is 32.1 Å². The largest absolute Gasteiger partial charge is 0.370 e. The predicted octanol–water partition coefficient (Wildman–Crippen LogP) is 2.04. The molecule has 0 radical (unpaired) electrons. The number of ketones is 2. The third kappa shape index (κ3) is 9.28. The van der Waals surface area contributed by atoms with Gasteiger partial charge in [0, 0.05) is 11.1 Å². The minimum atomic E-state index is -0.342. The van der Waals surface area contributed by atoms with Crippen LogP contribution >= 0.6 is 0 Å². The first-order valence-corrected chi connectivity index (χ1v) is 14.4. The molecule has 2 aliphatic heterocycles. The molecule has 0 aromatic heterocycles. The van der Waals surface area contributed by atoms with Crippen molar-refractivity contribution in [3.63, 3.8) is 0 Å². The molecule has 2 aromatic rings. The molecule has 2 atom stereocenters. The smallest absolute Gasteiger partial charge is 0.171 e. The van der Waals surface area contributed by atoms with E-state index < -0.39 is 0 Å². The fourth-order valence-corrected chi connectivity index (χ4v) is 5.73. The average Bonchev–Trinajstić information content (AvgIpc) is 2.97. The number of Topliss-reactive ketones (excluding diaryl/α,β-unsaturated/α-hetero) is 2. The Morgan fingerprint density at radius 2 is 0.974 bits per heavy atom. The summed E-state index contributed by atoms with van der Waals surface area (Å²) >= 11 is 0. The van der Waals surface area contributed by atoms with Crippen molar-refractivity contribution in [2.24, 2.45) is 11.8 Å². The fraction of sp³-hybridized carbons (Fsp3) is 0.548. The van der Waals surface area contributed by atoms with Crippen LogP contribution in [0.25, 0.3) is 0 Å². The summed E-state index contributed by atoms with van der Waals surface area (Å²) in [6.07, 6.45) is 4.25. The van der Waals surface area contributed by atoms with Gasteiger partial charge in [-0.15, -0.1) is 0 Å².